The molecule has 1 atom stereocenters. The first kappa shape index (κ1) is 25.3. The standard InChI is InChI=1S/C23H29ClN4O4S2/c1-33(29,30)26-10-3-5-17-15-18-16-19(24)7-8-21(18)23(22-20(17)6-4-9-25-22)27-11-13-28(14-12-27)34(2,31)32/h4,6-9,15-16,23,26H,3,5,10-14H2,1-2H3. The van der Waals surface area contributed by atoms with Crippen molar-refractivity contribution in [3.05, 3.63) is 63.9 Å². The maximum absolute atomic E-state index is 12.0. The van der Waals surface area contributed by atoms with Crippen LogP contribution in [-0.4, -0.2) is 76.3 Å². The van der Waals surface area contributed by atoms with Crippen LogP contribution in [0.5, 0.6) is 0 Å². The third-order valence-electron chi connectivity index (χ3n) is 6.21. The smallest absolute Gasteiger partial charge is 0.211 e. The zero-order chi connectivity index (χ0) is 24.5. The first-order valence-corrected chi connectivity index (χ1v) is 15.2. The number of rotatable bonds is 7. The third kappa shape index (κ3) is 5.87. The molecule has 2 aliphatic rings. The average molecular weight is 525 g/mol. The molecule has 4 rings (SSSR count). The zero-order valence-electron chi connectivity index (χ0n) is 19.2. The number of fused-ring (bicyclic) bond motifs is 2. The lowest BCUT2D eigenvalue weighted by Crippen LogP contribution is -2.49. The number of sulfonamides is 2. The number of aromatic nitrogens is 1. The SMILES string of the molecule is CS(=O)(=O)NCCCC1=Cc2cc(Cl)ccc2C(N2CCN(S(C)(=O)=O)CC2)c2ncccc21. The van der Waals surface area contributed by atoms with Crippen LogP contribution in [0.2, 0.25) is 5.02 Å². The van der Waals surface area contributed by atoms with E-state index in [0.717, 1.165) is 34.2 Å². The van der Waals surface area contributed by atoms with Gasteiger partial charge in [-0.25, -0.2) is 21.6 Å². The van der Waals surface area contributed by atoms with Crippen molar-refractivity contribution in [1.82, 2.24) is 18.9 Å². The molecule has 2 aromatic rings. The molecule has 0 radical (unpaired) electrons. The van der Waals surface area contributed by atoms with Gasteiger partial charge in [-0.15, -0.1) is 0 Å². The number of allylic oxidation sites excluding steroid dienone is 1. The van der Waals surface area contributed by atoms with Crippen molar-refractivity contribution in [2.45, 2.75) is 18.9 Å². The minimum Gasteiger partial charge on any atom is -0.288 e. The topological polar surface area (TPSA) is 99.7 Å². The highest BCUT2D eigenvalue weighted by molar-refractivity contribution is 7.88. The molecule has 0 bridgehead atoms. The van der Waals surface area contributed by atoms with Gasteiger partial charge < -0.3 is 0 Å². The van der Waals surface area contributed by atoms with E-state index in [0.29, 0.717) is 50.6 Å². The molecule has 0 spiro atoms. The average Bonchev–Trinajstić information content (AvgIpc) is 2.90. The molecule has 1 aromatic heterocycles. The molecule has 0 amide bonds. The number of halogens is 1. The fraction of sp³-hybridized carbons (Fsp3) is 0.435. The Kier molecular flexibility index (Phi) is 7.47. The van der Waals surface area contributed by atoms with Crippen molar-refractivity contribution in [2.75, 3.05) is 45.2 Å². The summed E-state index contributed by atoms with van der Waals surface area (Å²) in [6.45, 7) is 2.38. The Hall–Kier alpha value is -1.82. The second-order valence-electron chi connectivity index (χ2n) is 8.75. The summed E-state index contributed by atoms with van der Waals surface area (Å²) >= 11 is 6.36. The molecule has 1 aromatic carbocycles. The van der Waals surface area contributed by atoms with Gasteiger partial charge in [0.05, 0.1) is 24.2 Å². The Morgan fingerprint density at radius 2 is 1.82 bits per heavy atom. The Bertz CT molecular complexity index is 1300. The van der Waals surface area contributed by atoms with Gasteiger partial charge in [0.15, 0.2) is 0 Å². The summed E-state index contributed by atoms with van der Waals surface area (Å²) in [5.74, 6) is 0. The second kappa shape index (κ2) is 10.0. The van der Waals surface area contributed by atoms with Gasteiger partial charge in [0.1, 0.15) is 0 Å². The number of hydrogen-bond acceptors (Lipinski definition) is 6. The molecular formula is C23H29ClN4O4S2. The van der Waals surface area contributed by atoms with Crippen LogP contribution in [-0.2, 0) is 20.0 Å². The molecule has 8 nitrogen and oxygen atoms in total. The lowest BCUT2D eigenvalue weighted by Gasteiger charge is -2.39. The summed E-state index contributed by atoms with van der Waals surface area (Å²) in [7, 11) is -6.47. The van der Waals surface area contributed by atoms with Crippen LogP contribution >= 0.6 is 11.6 Å². The van der Waals surface area contributed by atoms with E-state index >= 15 is 0 Å². The van der Waals surface area contributed by atoms with Gasteiger partial charge in [0.2, 0.25) is 20.0 Å². The lowest BCUT2D eigenvalue weighted by atomic mass is 9.95. The summed E-state index contributed by atoms with van der Waals surface area (Å²) in [4.78, 5) is 7.06. The summed E-state index contributed by atoms with van der Waals surface area (Å²) in [6.07, 6.45) is 7.61. The first-order chi connectivity index (χ1) is 16.0. The van der Waals surface area contributed by atoms with Crippen molar-refractivity contribution in [3.63, 3.8) is 0 Å². The predicted octanol–water partition coefficient (Wildman–Crippen LogP) is 2.58. The fourth-order valence-corrected chi connectivity index (χ4v) is 6.17. The van der Waals surface area contributed by atoms with E-state index < -0.39 is 20.0 Å². The Labute approximate surface area is 206 Å². The van der Waals surface area contributed by atoms with Crippen molar-refractivity contribution in [2.24, 2.45) is 0 Å². The van der Waals surface area contributed by atoms with Gasteiger partial charge in [0, 0.05) is 49.5 Å². The Balaban J connectivity index is 1.70. The van der Waals surface area contributed by atoms with E-state index in [-0.39, 0.29) is 6.04 Å². The van der Waals surface area contributed by atoms with Gasteiger partial charge in [-0.2, -0.15) is 4.31 Å². The molecule has 1 saturated heterocycles. The third-order valence-corrected chi connectivity index (χ3v) is 8.48. The maximum atomic E-state index is 12.0. The van der Waals surface area contributed by atoms with Gasteiger partial charge in [-0.3, -0.25) is 9.88 Å². The number of hydrogen-bond donors (Lipinski definition) is 1. The number of benzene rings is 1. The first-order valence-electron chi connectivity index (χ1n) is 11.1. The zero-order valence-corrected chi connectivity index (χ0v) is 21.6. The minimum absolute atomic E-state index is 0.145. The van der Waals surface area contributed by atoms with Crippen LogP contribution in [0.15, 0.2) is 36.5 Å². The summed E-state index contributed by atoms with van der Waals surface area (Å²) in [5, 5.41) is 0.632. The molecule has 2 heterocycles. The highest BCUT2D eigenvalue weighted by atomic mass is 35.5. The Morgan fingerprint density at radius 3 is 2.50 bits per heavy atom. The van der Waals surface area contributed by atoms with E-state index in [1.54, 1.807) is 6.20 Å². The molecule has 34 heavy (non-hydrogen) atoms. The van der Waals surface area contributed by atoms with E-state index in [1.807, 2.05) is 30.3 Å². The largest absolute Gasteiger partial charge is 0.288 e. The maximum Gasteiger partial charge on any atom is 0.211 e. The van der Waals surface area contributed by atoms with E-state index in [1.165, 1.54) is 10.6 Å². The molecule has 1 N–H and O–H groups in total. The number of nitrogens with zero attached hydrogens (tertiary/aromatic N) is 3. The van der Waals surface area contributed by atoms with Crippen molar-refractivity contribution in [1.29, 1.82) is 0 Å². The highest BCUT2D eigenvalue weighted by Crippen LogP contribution is 2.41. The lowest BCUT2D eigenvalue weighted by molar-refractivity contribution is 0.154. The minimum atomic E-state index is -3.24. The van der Waals surface area contributed by atoms with E-state index in [2.05, 4.69) is 15.7 Å². The normalized spacial score (nSPS) is 19.7. The Morgan fingerprint density at radius 1 is 1.09 bits per heavy atom. The van der Waals surface area contributed by atoms with Crippen LogP contribution in [0.1, 0.15) is 41.3 Å². The summed E-state index contributed by atoms with van der Waals surface area (Å²) in [5.41, 5.74) is 5.07. The highest BCUT2D eigenvalue weighted by Gasteiger charge is 2.34. The predicted molar refractivity (Wildman–Crippen MR) is 135 cm³/mol. The van der Waals surface area contributed by atoms with Crippen LogP contribution in [0.25, 0.3) is 11.6 Å². The fourth-order valence-electron chi connectivity index (χ4n) is 4.65. The molecule has 1 unspecified atom stereocenters. The molecule has 11 heteroatoms. The van der Waals surface area contributed by atoms with Crippen LogP contribution < -0.4 is 4.72 Å². The molecular weight excluding hydrogens is 496 g/mol. The van der Waals surface area contributed by atoms with Gasteiger partial charge in [-0.1, -0.05) is 29.8 Å². The number of pyridine rings is 1. The van der Waals surface area contributed by atoms with Gasteiger partial charge >= 0.3 is 0 Å². The molecule has 1 fully saturated rings. The van der Waals surface area contributed by atoms with E-state index in [4.69, 9.17) is 16.6 Å². The second-order valence-corrected chi connectivity index (χ2v) is 13.0. The van der Waals surface area contributed by atoms with Crippen molar-refractivity contribution in [3.8, 4) is 0 Å². The molecule has 0 saturated carbocycles. The molecule has 184 valence electrons. The van der Waals surface area contributed by atoms with Crippen LogP contribution in [0.4, 0.5) is 0 Å². The van der Waals surface area contributed by atoms with Crippen LogP contribution in [0, 0.1) is 0 Å². The monoisotopic (exact) mass is 524 g/mol. The molecule has 1 aliphatic carbocycles. The number of nitrogens with one attached hydrogen (secondary N) is 1. The number of piperazine rings is 1. The summed E-state index contributed by atoms with van der Waals surface area (Å²) in [6, 6.07) is 9.64. The summed E-state index contributed by atoms with van der Waals surface area (Å²) < 4.78 is 51.0. The molecule has 1 aliphatic heterocycles. The van der Waals surface area contributed by atoms with Crippen LogP contribution in [0.3, 0.4) is 0 Å². The van der Waals surface area contributed by atoms with Gasteiger partial charge in [0.25, 0.3) is 0 Å². The van der Waals surface area contributed by atoms with Gasteiger partial charge in [-0.05, 0) is 47.7 Å². The van der Waals surface area contributed by atoms with Crippen molar-refractivity contribution < 1.29 is 16.8 Å². The van der Waals surface area contributed by atoms with Crippen molar-refractivity contribution >= 4 is 43.3 Å². The quantitative estimate of drug-likeness (QED) is 0.559. The van der Waals surface area contributed by atoms with E-state index in [9.17, 15) is 16.8 Å².